The molecule has 0 amide bonds. The molecule has 1 aromatic heterocycles. The van der Waals surface area contributed by atoms with Gasteiger partial charge in [-0.15, -0.1) is 0 Å². The molecule has 0 bridgehead atoms. The molecule has 0 spiro atoms. The van der Waals surface area contributed by atoms with Gasteiger partial charge in [-0.2, -0.15) is 0 Å². The second kappa shape index (κ2) is 8.81. The number of likely N-dealkylation sites (N-methyl/N-ethyl adjacent to an activating group) is 1. The maximum Gasteiger partial charge on any atom is 0.102 e. The smallest absolute Gasteiger partial charge is 0.102 e. The van der Waals surface area contributed by atoms with Crippen LogP contribution in [0.1, 0.15) is 56.6 Å². The molecule has 4 rings (SSSR count). The van der Waals surface area contributed by atoms with Crippen molar-refractivity contribution in [1.82, 2.24) is 4.98 Å². The SMILES string of the molecule is C[N@+]1(CCOC[C@@H]2CCC[N@+]3(C)CCCC[C@@H]23)CCC[C@H](c2ccccn2)C1. The van der Waals surface area contributed by atoms with Crippen molar-refractivity contribution in [2.45, 2.75) is 56.9 Å². The Morgan fingerprint density at radius 1 is 1.00 bits per heavy atom. The summed E-state index contributed by atoms with van der Waals surface area (Å²) in [5, 5.41) is 0. The van der Waals surface area contributed by atoms with Crippen LogP contribution in [-0.4, -0.2) is 80.0 Å². The molecular formula is C24H41N3O+2. The fourth-order valence-corrected chi connectivity index (χ4v) is 6.44. The lowest BCUT2D eigenvalue weighted by atomic mass is 9.82. The maximum absolute atomic E-state index is 6.33. The summed E-state index contributed by atoms with van der Waals surface area (Å²) in [5.74, 6) is 1.39. The first-order valence-corrected chi connectivity index (χ1v) is 11.7. The molecule has 0 aromatic carbocycles. The lowest BCUT2D eigenvalue weighted by molar-refractivity contribution is -0.947. The van der Waals surface area contributed by atoms with Crippen molar-refractivity contribution in [1.29, 1.82) is 0 Å². The van der Waals surface area contributed by atoms with Crippen molar-refractivity contribution in [3.8, 4) is 0 Å². The lowest BCUT2D eigenvalue weighted by Crippen LogP contribution is -2.61. The van der Waals surface area contributed by atoms with E-state index >= 15 is 0 Å². The summed E-state index contributed by atoms with van der Waals surface area (Å²) in [6.07, 6.45) is 11.6. The van der Waals surface area contributed by atoms with Gasteiger partial charge in [0.1, 0.15) is 6.54 Å². The molecule has 1 aromatic rings. The van der Waals surface area contributed by atoms with Crippen LogP contribution in [0.5, 0.6) is 0 Å². The zero-order valence-corrected chi connectivity index (χ0v) is 18.2. The molecule has 0 aliphatic carbocycles. The van der Waals surface area contributed by atoms with Gasteiger partial charge in [0.2, 0.25) is 0 Å². The van der Waals surface area contributed by atoms with E-state index in [0.717, 1.165) is 36.2 Å². The molecule has 28 heavy (non-hydrogen) atoms. The third-order valence-corrected chi connectivity index (χ3v) is 8.13. The van der Waals surface area contributed by atoms with Gasteiger partial charge in [-0.1, -0.05) is 6.07 Å². The highest BCUT2D eigenvalue weighted by Gasteiger charge is 2.43. The van der Waals surface area contributed by atoms with E-state index in [-0.39, 0.29) is 0 Å². The van der Waals surface area contributed by atoms with Gasteiger partial charge >= 0.3 is 0 Å². The number of aromatic nitrogens is 1. The van der Waals surface area contributed by atoms with E-state index in [4.69, 9.17) is 4.74 Å². The molecule has 4 nitrogen and oxygen atoms in total. The van der Waals surface area contributed by atoms with Crippen LogP contribution in [-0.2, 0) is 4.74 Å². The van der Waals surface area contributed by atoms with Crippen LogP contribution in [0, 0.1) is 5.92 Å². The number of nitrogens with zero attached hydrogens (tertiary/aromatic N) is 3. The third-order valence-electron chi connectivity index (χ3n) is 8.13. The summed E-state index contributed by atoms with van der Waals surface area (Å²) in [4.78, 5) is 4.63. The Bertz CT molecular complexity index is 620. The number of pyridine rings is 1. The van der Waals surface area contributed by atoms with E-state index in [1.165, 1.54) is 81.3 Å². The molecule has 3 aliphatic rings. The van der Waals surface area contributed by atoms with Crippen molar-refractivity contribution in [3.63, 3.8) is 0 Å². The molecular weight excluding hydrogens is 346 g/mol. The highest BCUT2D eigenvalue weighted by atomic mass is 16.5. The average molecular weight is 388 g/mol. The van der Waals surface area contributed by atoms with Gasteiger partial charge in [0, 0.05) is 24.2 Å². The molecule has 3 saturated heterocycles. The van der Waals surface area contributed by atoms with Gasteiger partial charge in [-0.3, -0.25) is 4.98 Å². The van der Waals surface area contributed by atoms with Gasteiger partial charge in [-0.25, -0.2) is 0 Å². The van der Waals surface area contributed by atoms with Gasteiger partial charge in [0.15, 0.2) is 0 Å². The van der Waals surface area contributed by atoms with E-state index < -0.39 is 0 Å². The number of quaternary nitrogens is 2. The number of likely N-dealkylation sites (tertiary alicyclic amines) is 1. The zero-order chi connectivity index (χ0) is 19.5. The predicted molar refractivity (Wildman–Crippen MR) is 114 cm³/mol. The molecule has 0 N–H and O–H groups in total. The first-order chi connectivity index (χ1) is 13.6. The normalized spacial score (nSPS) is 38.7. The van der Waals surface area contributed by atoms with E-state index in [2.05, 4.69) is 31.2 Å². The van der Waals surface area contributed by atoms with Crippen LogP contribution in [0.3, 0.4) is 0 Å². The minimum atomic E-state index is 0.610. The Morgan fingerprint density at radius 3 is 2.71 bits per heavy atom. The van der Waals surface area contributed by atoms with Gasteiger partial charge in [0.25, 0.3) is 0 Å². The number of rotatable bonds is 6. The number of hydrogen-bond acceptors (Lipinski definition) is 2. The zero-order valence-electron chi connectivity index (χ0n) is 18.2. The van der Waals surface area contributed by atoms with Crippen LogP contribution < -0.4 is 0 Å². The molecule has 4 heteroatoms. The highest BCUT2D eigenvalue weighted by Crippen LogP contribution is 2.36. The summed E-state index contributed by atoms with van der Waals surface area (Å²) >= 11 is 0. The van der Waals surface area contributed by atoms with Crippen molar-refractivity contribution in [2.75, 3.05) is 60.0 Å². The summed E-state index contributed by atoms with van der Waals surface area (Å²) < 4.78 is 8.80. The number of fused-ring (bicyclic) bond motifs is 1. The Balaban J connectivity index is 1.25. The quantitative estimate of drug-likeness (QED) is 0.547. The second-order valence-electron chi connectivity index (χ2n) is 10.3. The monoisotopic (exact) mass is 387 g/mol. The van der Waals surface area contributed by atoms with Crippen LogP contribution >= 0.6 is 0 Å². The molecule has 156 valence electrons. The highest BCUT2D eigenvalue weighted by molar-refractivity contribution is 5.09. The molecule has 3 fully saturated rings. The fraction of sp³-hybridized carbons (Fsp3) is 0.792. The van der Waals surface area contributed by atoms with Gasteiger partial charge in [-0.05, 0) is 50.7 Å². The maximum atomic E-state index is 6.33. The Hall–Kier alpha value is -0.970. The molecule has 3 aliphatic heterocycles. The largest absolute Gasteiger partial charge is 0.375 e. The fourth-order valence-electron chi connectivity index (χ4n) is 6.44. The molecule has 0 saturated carbocycles. The molecule has 0 unspecified atom stereocenters. The molecule has 0 radical (unpaired) electrons. The second-order valence-corrected chi connectivity index (χ2v) is 10.3. The van der Waals surface area contributed by atoms with E-state index in [1.54, 1.807) is 0 Å². The minimum Gasteiger partial charge on any atom is -0.375 e. The Morgan fingerprint density at radius 2 is 1.86 bits per heavy atom. The Kier molecular flexibility index (Phi) is 6.39. The number of piperidine rings is 3. The van der Waals surface area contributed by atoms with Crippen LogP contribution in [0.2, 0.25) is 0 Å². The predicted octanol–water partition coefficient (Wildman–Crippen LogP) is 3.83. The topological polar surface area (TPSA) is 22.1 Å². The van der Waals surface area contributed by atoms with Crippen LogP contribution in [0.4, 0.5) is 0 Å². The third kappa shape index (κ3) is 4.60. The van der Waals surface area contributed by atoms with Crippen molar-refractivity contribution < 1.29 is 13.7 Å². The van der Waals surface area contributed by atoms with E-state index in [9.17, 15) is 0 Å². The van der Waals surface area contributed by atoms with Crippen LogP contribution in [0.15, 0.2) is 24.4 Å². The molecule has 4 heterocycles. The van der Waals surface area contributed by atoms with Crippen LogP contribution in [0.25, 0.3) is 0 Å². The first kappa shape index (κ1) is 20.3. The average Bonchev–Trinajstić information content (AvgIpc) is 2.71. The van der Waals surface area contributed by atoms with Crippen molar-refractivity contribution in [3.05, 3.63) is 30.1 Å². The first-order valence-electron chi connectivity index (χ1n) is 11.7. The summed E-state index contributed by atoms with van der Waals surface area (Å²) in [5.41, 5.74) is 1.28. The molecule has 5 atom stereocenters. The van der Waals surface area contributed by atoms with E-state index in [0.29, 0.717) is 5.92 Å². The summed E-state index contributed by atoms with van der Waals surface area (Å²) in [7, 11) is 4.93. The number of hydrogen-bond donors (Lipinski definition) is 0. The summed E-state index contributed by atoms with van der Waals surface area (Å²) in [6, 6.07) is 7.22. The van der Waals surface area contributed by atoms with Gasteiger partial charge in [0.05, 0.1) is 65.4 Å². The minimum absolute atomic E-state index is 0.610. The number of ether oxygens (including phenoxy) is 1. The van der Waals surface area contributed by atoms with E-state index in [1.807, 2.05) is 12.3 Å². The van der Waals surface area contributed by atoms with Crippen molar-refractivity contribution in [2.24, 2.45) is 5.92 Å². The van der Waals surface area contributed by atoms with Gasteiger partial charge < -0.3 is 13.7 Å². The standard InChI is InChI=1S/C24H41N3O/c1-26(14-7-9-21(19-26)23-11-3-5-13-25-23)17-18-28-20-22-10-8-16-27(2)15-6-4-12-24(22)27/h3,5,11,13,21-22,24H,4,6-10,12,14-20H2,1-2H3/q+2/t21-,22-,24-,26+,27-/m0/s1. The lowest BCUT2D eigenvalue weighted by Gasteiger charge is -2.51. The Labute approximate surface area is 172 Å². The van der Waals surface area contributed by atoms with Crippen molar-refractivity contribution >= 4 is 0 Å². The summed E-state index contributed by atoms with van der Waals surface area (Å²) in [6.45, 7) is 8.33.